The molecule has 1 aliphatic rings. The van der Waals surface area contributed by atoms with Crippen molar-refractivity contribution in [2.24, 2.45) is 0 Å². The lowest BCUT2D eigenvalue weighted by Crippen LogP contribution is -2.41. The third-order valence-corrected chi connectivity index (χ3v) is 12.0. The number of halogens is 1. The molecule has 9 nitrogen and oxygen atoms in total. The van der Waals surface area contributed by atoms with Crippen LogP contribution in [0.2, 0.25) is 5.15 Å². The van der Waals surface area contributed by atoms with Gasteiger partial charge in [-0.25, -0.2) is 30.2 Å². The van der Waals surface area contributed by atoms with E-state index in [0.717, 1.165) is 18.8 Å². The number of hydrogen-bond acceptors (Lipinski definition) is 8. The predicted molar refractivity (Wildman–Crippen MR) is 117 cm³/mol. The van der Waals surface area contributed by atoms with E-state index in [9.17, 15) is 30.0 Å². The van der Waals surface area contributed by atoms with Crippen molar-refractivity contribution in [3.63, 3.8) is 0 Å². The predicted octanol–water partition coefficient (Wildman–Crippen LogP) is 1.72. The fourth-order valence-electron chi connectivity index (χ4n) is 3.90. The van der Waals surface area contributed by atoms with Crippen LogP contribution in [-0.2, 0) is 33.6 Å². The van der Waals surface area contributed by atoms with E-state index < -0.39 is 51.2 Å². The highest BCUT2D eigenvalue weighted by Gasteiger charge is 2.61. The van der Waals surface area contributed by atoms with Crippen LogP contribution in [0.4, 0.5) is 5.69 Å². The van der Waals surface area contributed by atoms with Gasteiger partial charge in [-0.05, 0) is 29.3 Å². The lowest BCUT2D eigenvalue weighted by molar-refractivity contribution is 0.102. The first-order valence-corrected chi connectivity index (χ1v) is 14.9. The summed E-state index contributed by atoms with van der Waals surface area (Å²) in [5, 5.41) is 0.971. The zero-order valence-corrected chi connectivity index (χ0v) is 19.9. The van der Waals surface area contributed by atoms with Gasteiger partial charge in [0.2, 0.25) is 0 Å². The van der Waals surface area contributed by atoms with Gasteiger partial charge in [0.05, 0.1) is 10.8 Å². The van der Waals surface area contributed by atoms with Gasteiger partial charge in [-0.15, -0.1) is 0 Å². The van der Waals surface area contributed by atoms with Gasteiger partial charge < -0.3 is 5.32 Å². The Morgan fingerprint density at radius 1 is 1.03 bits per heavy atom. The number of anilines is 1. The number of carbonyl (C=O) groups is 1. The van der Waals surface area contributed by atoms with Gasteiger partial charge in [0.25, 0.3) is 5.91 Å². The van der Waals surface area contributed by atoms with Gasteiger partial charge in [-0.3, -0.25) is 4.79 Å². The molecule has 168 valence electrons. The van der Waals surface area contributed by atoms with Gasteiger partial charge in [-0.1, -0.05) is 23.7 Å². The molecule has 0 aliphatic heterocycles. The lowest BCUT2D eigenvalue weighted by Gasteiger charge is -2.26. The highest BCUT2D eigenvalue weighted by atomic mass is 35.5. The smallest absolute Gasteiger partial charge is 0.258 e. The van der Waals surface area contributed by atoms with E-state index in [-0.39, 0.29) is 27.5 Å². The summed E-state index contributed by atoms with van der Waals surface area (Å²) in [5.74, 6) is -0.713. The number of carbonyl (C=O) groups excluding carboxylic acids is 1. The molecule has 1 amide bonds. The molecule has 1 heterocycles. The second kappa shape index (κ2) is 7.54. The molecule has 0 fully saturated rings. The third kappa shape index (κ3) is 3.86. The summed E-state index contributed by atoms with van der Waals surface area (Å²) < 4.78 is 73.7. The Bertz CT molecular complexity index is 1370. The number of nitrogens with zero attached hydrogens (tertiary/aromatic N) is 1. The molecule has 0 saturated heterocycles. The van der Waals surface area contributed by atoms with Crippen LogP contribution in [0.1, 0.15) is 33.2 Å². The summed E-state index contributed by atoms with van der Waals surface area (Å²) in [6.45, 7) is 0. The molecule has 0 spiro atoms. The molecule has 0 saturated carbocycles. The maximum absolute atomic E-state index is 12.7. The number of rotatable bonds is 5. The number of nitrogens with one attached hydrogen (secondary N) is 1. The van der Waals surface area contributed by atoms with Crippen molar-refractivity contribution >= 4 is 52.7 Å². The van der Waals surface area contributed by atoms with E-state index in [0.29, 0.717) is 0 Å². The normalized spacial score (nSPS) is 18.4. The van der Waals surface area contributed by atoms with E-state index in [1.165, 1.54) is 36.5 Å². The van der Waals surface area contributed by atoms with E-state index >= 15 is 0 Å². The summed E-state index contributed by atoms with van der Waals surface area (Å²) >= 11 is 5.94. The number of fused-ring (bicyclic) bond motifs is 1. The summed E-state index contributed by atoms with van der Waals surface area (Å²) in [5.41, 5.74) is -0.280. The van der Waals surface area contributed by atoms with E-state index in [1.807, 2.05) is 0 Å². The molecule has 0 radical (unpaired) electrons. The first kappa shape index (κ1) is 23.6. The zero-order valence-electron chi connectivity index (χ0n) is 16.7. The molecule has 1 N–H and O–H groups in total. The standard InChI is InChI=1S/C18H19ClN2O7S3/c1-29(23,24)14-10-18(30(2,25)26,31(3,27)28)12-7-4-8-13(15(12)14)21-17(22)11-6-5-9-20-16(11)19/h4-9,14H,10H2,1-3H3,(H,21,22). The molecule has 1 aliphatic carbocycles. The van der Waals surface area contributed by atoms with Gasteiger partial charge >= 0.3 is 0 Å². The maximum atomic E-state index is 12.7. The zero-order chi connectivity index (χ0) is 23.4. The highest BCUT2D eigenvalue weighted by Crippen LogP contribution is 2.55. The summed E-state index contributed by atoms with van der Waals surface area (Å²) in [4.78, 5) is 16.5. The first-order chi connectivity index (χ1) is 14.1. The Morgan fingerprint density at radius 2 is 1.65 bits per heavy atom. The lowest BCUT2D eigenvalue weighted by atomic mass is 10.1. The third-order valence-electron chi connectivity index (χ3n) is 5.26. The Hall–Kier alpha value is -2.02. The number of hydrogen-bond donors (Lipinski definition) is 1. The number of aromatic nitrogens is 1. The Balaban J connectivity index is 2.30. The minimum atomic E-state index is -4.33. The minimum absolute atomic E-state index is 0.00756. The van der Waals surface area contributed by atoms with Gasteiger partial charge in [0, 0.05) is 37.1 Å². The van der Waals surface area contributed by atoms with Crippen LogP contribution in [0.25, 0.3) is 0 Å². The Labute approximate surface area is 185 Å². The van der Waals surface area contributed by atoms with Crippen LogP contribution in [0.5, 0.6) is 0 Å². The second-order valence-corrected chi connectivity index (χ2v) is 14.7. The molecular formula is C18H19ClN2O7S3. The van der Waals surface area contributed by atoms with Crippen LogP contribution in [0.3, 0.4) is 0 Å². The van der Waals surface area contributed by atoms with Crippen LogP contribution in [0, 0.1) is 0 Å². The van der Waals surface area contributed by atoms with Crippen molar-refractivity contribution in [1.82, 2.24) is 4.98 Å². The van der Waals surface area contributed by atoms with Gasteiger partial charge in [-0.2, -0.15) is 0 Å². The van der Waals surface area contributed by atoms with Crippen molar-refractivity contribution in [3.05, 3.63) is 58.4 Å². The van der Waals surface area contributed by atoms with Gasteiger partial charge in [0.1, 0.15) is 5.15 Å². The SMILES string of the molecule is CS(=O)(=O)C1CC(S(C)(=O)=O)(S(C)(=O)=O)c2cccc(NC(=O)c3cccnc3Cl)c21. The fraction of sp³-hybridized carbons (Fsp3) is 0.333. The molecular weight excluding hydrogens is 488 g/mol. The molecule has 1 aromatic carbocycles. The van der Waals surface area contributed by atoms with Crippen molar-refractivity contribution in [2.75, 3.05) is 24.1 Å². The monoisotopic (exact) mass is 506 g/mol. The number of pyridine rings is 1. The molecule has 1 atom stereocenters. The van der Waals surface area contributed by atoms with Crippen LogP contribution in [0.15, 0.2) is 36.5 Å². The molecule has 3 rings (SSSR count). The number of sulfone groups is 3. The summed E-state index contributed by atoms with van der Waals surface area (Å²) in [6, 6.07) is 6.87. The summed E-state index contributed by atoms with van der Waals surface area (Å²) in [7, 11) is -12.6. The van der Waals surface area contributed by atoms with Crippen molar-refractivity contribution in [2.45, 2.75) is 15.7 Å². The average molecular weight is 507 g/mol. The molecule has 1 aromatic heterocycles. The topological polar surface area (TPSA) is 144 Å². The van der Waals surface area contributed by atoms with Crippen molar-refractivity contribution < 1.29 is 30.0 Å². The molecule has 2 aromatic rings. The van der Waals surface area contributed by atoms with Crippen molar-refractivity contribution in [3.8, 4) is 0 Å². The fourth-order valence-corrected chi connectivity index (χ4v) is 9.84. The van der Waals surface area contributed by atoms with Crippen molar-refractivity contribution in [1.29, 1.82) is 0 Å². The summed E-state index contributed by atoms with van der Waals surface area (Å²) in [6.07, 6.45) is 3.07. The molecule has 31 heavy (non-hydrogen) atoms. The van der Waals surface area contributed by atoms with E-state index in [1.54, 1.807) is 0 Å². The second-order valence-electron chi connectivity index (χ2n) is 7.38. The van der Waals surface area contributed by atoms with E-state index in [4.69, 9.17) is 11.6 Å². The average Bonchev–Trinajstić information content (AvgIpc) is 3.00. The number of amides is 1. The Morgan fingerprint density at radius 3 is 2.16 bits per heavy atom. The number of benzene rings is 1. The van der Waals surface area contributed by atoms with E-state index in [2.05, 4.69) is 10.3 Å². The van der Waals surface area contributed by atoms with Crippen LogP contribution < -0.4 is 5.32 Å². The maximum Gasteiger partial charge on any atom is 0.258 e. The Kier molecular flexibility index (Phi) is 5.75. The van der Waals surface area contributed by atoms with Gasteiger partial charge in [0.15, 0.2) is 33.6 Å². The molecule has 0 bridgehead atoms. The molecule has 1 unspecified atom stereocenters. The largest absolute Gasteiger partial charge is 0.322 e. The quantitative estimate of drug-likeness (QED) is 0.603. The minimum Gasteiger partial charge on any atom is -0.322 e. The molecule has 13 heteroatoms. The van der Waals surface area contributed by atoms with Crippen LogP contribution in [-0.4, -0.2) is 54.9 Å². The van der Waals surface area contributed by atoms with Crippen LogP contribution >= 0.6 is 11.6 Å². The highest BCUT2D eigenvalue weighted by molar-refractivity contribution is 8.09. The first-order valence-electron chi connectivity index (χ1n) is 8.74.